The highest BCUT2D eigenvalue weighted by molar-refractivity contribution is 7.10. The van der Waals surface area contributed by atoms with E-state index < -0.39 is 18.1 Å². The fourth-order valence-electron chi connectivity index (χ4n) is 4.52. The van der Waals surface area contributed by atoms with Gasteiger partial charge in [0.25, 0.3) is 11.8 Å². The number of aromatic nitrogens is 2. The molecule has 0 radical (unpaired) electrons. The summed E-state index contributed by atoms with van der Waals surface area (Å²) in [4.78, 5) is 63.0. The van der Waals surface area contributed by atoms with Gasteiger partial charge in [-0.05, 0) is 30.7 Å². The fourth-order valence-corrected chi connectivity index (χ4v) is 6.39. The van der Waals surface area contributed by atoms with E-state index in [-0.39, 0.29) is 60.6 Å². The van der Waals surface area contributed by atoms with E-state index in [0.29, 0.717) is 29.3 Å². The van der Waals surface area contributed by atoms with Crippen LogP contribution in [0.5, 0.6) is 0 Å². The summed E-state index contributed by atoms with van der Waals surface area (Å²) in [5, 5.41) is 13.4. The van der Waals surface area contributed by atoms with Crippen LogP contribution >= 0.6 is 22.7 Å². The lowest BCUT2D eigenvalue weighted by molar-refractivity contribution is -0.137. The maximum absolute atomic E-state index is 13.3. The van der Waals surface area contributed by atoms with Gasteiger partial charge in [0.1, 0.15) is 21.4 Å². The molecule has 3 aromatic rings. The van der Waals surface area contributed by atoms with E-state index in [9.17, 15) is 19.2 Å². The van der Waals surface area contributed by atoms with Gasteiger partial charge in [-0.2, -0.15) is 0 Å². The number of nitrogens with two attached hydrogens (primary N) is 1. The summed E-state index contributed by atoms with van der Waals surface area (Å²) in [6.45, 7) is 6.07. The Morgan fingerprint density at radius 3 is 2.38 bits per heavy atom. The second-order valence-corrected chi connectivity index (χ2v) is 12.3. The third-order valence-electron chi connectivity index (χ3n) is 6.94. The van der Waals surface area contributed by atoms with Crippen LogP contribution in [0.2, 0.25) is 0 Å². The molecule has 0 spiro atoms. The molecule has 1 aliphatic rings. The van der Waals surface area contributed by atoms with Crippen molar-refractivity contribution in [2.75, 3.05) is 19.6 Å². The van der Waals surface area contributed by atoms with Crippen molar-refractivity contribution >= 4 is 46.3 Å². The summed E-state index contributed by atoms with van der Waals surface area (Å²) in [7, 11) is 0. The molecule has 1 aromatic carbocycles. The van der Waals surface area contributed by atoms with Crippen molar-refractivity contribution in [3.05, 3.63) is 68.1 Å². The molecule has 0 unspecified atom stereocenters. The van der Waals surface area contributed by atoms with Gasteiger partial charge in [0.2, 0.25) is 11.8 Å². The number of hydrogen-bond donors (Lipinski definition) is 4. The Morgan fingerprint density at radius 1 is 1.02 bits per heavy atom. The minimum absolute atomic E-state index is 0.00588. The number of nitrogens with one attached hydrogen (secondary N) is 3. The molecule has 42 heavy (non-hydrogen) atoms. The van der Waals surface area contributed by atoms with Crippen LogP contribution in [-0.2, 0) is 16.0 Å². The number of rotatable bonds is 5. The van der Waals surface area contributed by atoms with E-state index in [1.54, 1.807) is 10.8 Å². The van der Waals surface area contributed by atoms with Gasteiger partial charge in [-0.3, -0.25) is 19.2 Å². The standard InChI is InChI=1S/C29H37N7O4S2/c1-4-19(30)29(40)36-12-8-11-31-25(38)21-15-42-28(34-21)24(17(2)3)35-26(39)22-16-41-27(33-22)20(32-23(37)14-36)13-18-9-6-5-7-10-18/h5-7,9-10,15-17,19-20,24H,4,8,11-14,30H2,1-3H3,(H,31,38)(H,32,37)(H,35,39)/t19-,20-,24-/m0/s1. The number of nitrogens with zero attached hydrogens (tertiary/aromatic N) is 3. The maximum atomic E-state index is 13.3. The quantitative estimate of drug-likeness (QED) is 0.345. The van der Waals surface area contributed by atoms with Crippen molar-refractivity contribution < 1.29 is 19.2 Å². The Labute approximate surface area is 253 Å². The van der Waals surface area contributed by atoms with Gasteiger partial charge in [0.15, 0.2) is 0 Å². The van der Waals surface area contributed by atoms with Crippen LogP contribution in [0, 0.1) is 5.92 Å². The molecular formula is C29H37N7O4S2. The molecule has 4 amide bonds. The third-order valence-corrected chi connectivity index (χ3v) is 8.82. The molecule has 5 N–H and O–H groups in total. The SMILES string of the molecule is CC[C@H](N)C(=O)N1CCCNC(=O)c2csc(n2)[C@H](C(C)C)NC(=O)c2csc(n2)[C@H](Cc2ccccc2)NC(=O)C1. The van der Waals surface area contributed by atoms with E-state index in [4.69, 9.17) is 5.73 Å². The highest BCUT2D eigenvalue weighted by Gasteiger charge is 2.28. The summed E-state index contributed by atoms with van der Waals surface area (Å²) in [6, 6.07) is 8.00. The summed E-state index contributed by atoms with van der Waals surface area (Å²) < 4.78 is 0. The Hall–Kier alpha value is -3.68. The Balaban J connectivity index is 1.67. The first-order valence-electron chi connectivity index (χ1n) is 14.0. The maximum Gasteiger partial charge on any atom is 0.271 e. The minimum atomic E-state index is -0.739. The van der Waals surface area contributed by atoms with Crippen molar-refractivity contribution in [2.45, 2.75) is 58.2 Å². The Kier molecular flexibility index (Phi) is 10.8. The van der Waals surface area contributed by atoms with E-state index in [1.807, 2.05) is 51.1 Å². The van der Waals surface area contributed by atoms with Crippen LogP contribution in [0.3, 0.4) is 0 Å². The molecule has 11 nitrogen and oxygen atoms in total. The van der Waals surface area contributed by atoms with Crippen LogP contribution < -0.4 is 21.7 Å². The molecule has 3 atom stereocenters. The van der Waals surface area contributed by atoms with Crippen LogP contribution in [0.25, 0.3) is 0 Å². The number of amides is 4. The monoisotopic (exact) mass is 611 g/mol. The average molecular weight is 612 g/mol. The number of hydrogen-bond acceptors (Lipinski definition) is 9. The van der Waals surface area contributed by atoms with Gasteiger partial charge in [-0.25, -0.2) is 9.97 Å². The molecule has 1 aliphatic heterocycles. The zero-order valence-corrected chi connectivity index (χ0v) is 25.6. The highest BCUT2D eigenvalue weighted by atomic mass is 32.1. The smallest absolute Gasteiger partial charge is 0.271 e. The van der Waals surface area contributed by atoms with Crippen molar-refractivity contribution in [3.63, 3.8) is 0 Å². The minimum Gasteiger partial charge on any atom is -0.351 e. The Bertz CT molecular complexity index is 1390. The molecule has 13 heteroatoms. The number of thiazole rings is 2. The normalized spacial score (nSPS) is 19.6. The van der Waals surface area contributed by atoms with Gasteiger partial charge in [0, 0.05) is 23.8 Å². The van der Waals surface area contributed by atoms with Crippen LogP contribution in [0.15, 0.2) is 41.1 Å². The van der Waals surface area contributed by atoms with E-state index in [2.05, 4.69) is 25.9 Å². The molecule has 4 bridgehead atoms. The van der Waals surface area contributed by atoms with Gasteiger partial charge in [0.05, 0.1) is 24.7 Å². The van der Waals surface area contributed by atoms with E-state index in [0.717, 1.165) is 5.56 Å². The lowest BCUT2D eigenvalue weighted by atomic mass is 10.0. The summed E-state index contributed by atoms with van der Waals surface area (Å²) >= 11 is 2.60. The first kappa shape index (κ1) is 31.3. The summed E-state index contributed by atoms with van der Waals surface area (Å²) in [5.74, 6) is -1.42. The topological polar surface area (TPSA) is 159 Å². The van der Waals surface area contributed by atoms with E-state index >= 15 is 0 Å². The summed E-state index contributed by atoms with van der Waals surface area (Å²) in [5.41, 5.74) is 7.51. The van der Waals surface area contributed by atoms with Crippen LogP contribution in [-0.4, -0.2) is 64.2 Å². The lowest BCUT2D eigenvalue weighted by Crippen LogP contribution is -2.49. The predicted octanol–water partition coefficient (Wildman–Crippen LogP) is 2.83. The molecule has 0 aliphatic carbocycles. The Morgan fingerprint density at radius 2 is 1.69 bits per heavy atom. The van der Waals surface area contributed by atoms with Gasteiger partial charge >= 0.3 is 0 Å². The molecular weight excluding hydrogens is 574 g/mol. The molecule has 0 saturated carbocycles. The zero-order chi connectivity index (χ0) is 30.2. The van der Waals surface area contributed by atoms with Crippen molar-refractivity contribution in [1.82, 2.24) is 30.8 Å². The first-order valence-corrected chi connectivity index (χ1v) is 15.8. The van der Waals surface area contributed by atoms with Crippen molar-refractivity contribution in [2.24, 2.45) is 11.7 Å². The number of benzene rings is 1. The van der Waals surface area contributed by atoms with Crippen molar-refractivity contribution in [3.8, 4) is 0 Å². The van der Waals surface area contributed by atoms with Gasteiger partial charge in [-0.15, -0.1) is 22.7 Å². The number of carbonyl (C=O) groups is 4. The molecule has 2 aromatic heterocycles. The van der Waals surface area contributed by atoms with Crippen LogP contribution in [0.1, 0.15) is 82.3 Å². The molecule has 224 valence electrons. The lowest BCUT2D eigenvalue weighted by Gasteiger charge is -2.26. The number of fused-ring (bicyclic) bond motifs is 4. The second kappa shape index (κ2) is 14.5. The van der Waals surface area contributed by atoms with Gasteiger partial charge < -0.3 is 26.6 Å². The second-order valence-electron chi connectivity index (χ2n) is 10.5. The molecule has 0 saturated heterocycles. The molecule has 4 rings (SSSR count). The first-order chi connectivity index (χ1) is 20.2. The molecule has 0 fully saturated rings. The molecule has 3 heterocycles. The van der Waals surface area contributed by atoms with Crippen molar-refractivity contribution in [1.29, 1.82) is 0 Å². The fraction of sp³-hybridized carbons (Fsp3) is 0.448. The predicted molar refractivity (Wildman–Crippen MR) is 162 cm³/mol. The summed E-state index contributed by atoms with van der Waals surface area (Å²) in [6.07, 6.45) is 1.30. The number of carbonyl (C=O) groups excluding carboxylic acids is 4. The zero-order valence-electron chi connectivity index (χ0n) is 24.0. The van der Waals surface area contributed by atoms with Gasteiger partial charge in [-0.1, -0.05) is 51.1 Å². The average Bonchev–Trinajstić information content (AvgIpc) is 3.67. The van der Waals surface area contributed by atoms with Crippen LogP contribution in [0.4, 0.5) is 0 Å². The largest absolute Gasteiger partial charge is 0.351 e. The highest BCUT2D eigenvalue weighted by Crippen LogP contribution is 2.27. The third kappa shape index (κ3) is 7.99. The van der Waals surface area contributed by atoms with E-state index in [1.165, 1.54) is 27.6 Å².